The summed E-state index contributed by atoms with van der Waals surface area (Å²) in [5, 5.41) is 24.1. The largest absolute Gasteiger partial charge is 0.387 e. The Morgan fingerprint density at radius 2 is 2.05 bits per heavy atom. The van der Waals surface area contributed by atoms with Crippen molar-refractivity contribution in [2.24, 2.45) is 4.99 Å². The number of thiazole rings is 1. The quantitative estimate of drug-likeness (QED) is 0.311. The second-order valence-corrected chi connectivity index (χ2v) is 11.1. The molecule has 0 bridgehead atoms. The number of aromatic nitrogens is 3. The fourth-order valence-corrected chi connectivity index (χ4v) is 5.69. The summed E-state index contributed by atoms with van der Waals surface area (Å²) < 4.78 is 0. The first-order valence-electron chi connectivity index (χ1n) is 12.9. The molecule has 1 fully saturated rings. The van der Waals surface area contributed by atoms with Gasteiger partial charge in [0.05, 0.1) is 24.0 Å². The molecule has 206 valence electrons. The number of piperazine rings is 1. The zero-order valence-electron chi connectivity index (χ0n) is 21.8. The van der Waals surface area contributed by atoms with Gasteiger partial charge in [-0.1, -0.05) is 23.7 Å². The van der Waals surface area contributed by atoms with Gasteiger partial charge in [0, 0.05) is 55.5 Å². The van der Waals surface area contributed by atoms with Crippen LogP contribution in [0.5, 0.6) is 0 Å². The van der Waals surface area contributed by atoms with Gasteiger partial charge in [-0.25, -0.2) is 15.0 Å². The van der Waals surface area contributed by atoms with E-state index in [1.807, 2.05) is 18.5 Å². The van der Waals surface area contributed by atoms with E-state index in [0.717, 1.165) is 43.4 Å². The number of rotatable bonds is 7. The van der Waals surface area contributed by atoms with Crippen LogP contribution in [0.1, 0.15) is 22.4 Å². The highest BCUT2D eigenvalue weighted by molar-refractivity contribution is 7.09. The minimum Gasteiger partial charge on any atom is -0.387 e. The summed E-state index contributed by atoms with van der Waals surface area (Å²) in [5.74, 6) is 1.32. The van der Waals surface area contributed by atoms with Crippen molar-refractivity contribution in [3.63, 3.8) is 0 Å². The lowest BCUT2D eigenvalue weighted by Crippen LogP contribution is -2.46. The molecule has 1 atom stereocenters. The van der Waals surface area contributed by atoms with Crippen LogP contribution in [0.3, 0.4) is 0 Å². The monoisotopic (exact) mass is 577 g/mol. The van der Waals surface area contributed by atoms with Crippen molar-refractivity contribution in [3.05, 3.63) is 80.3 Å². The Balaban J connectivity index is 1.16. The van der Waals surface area contributed by atoms with Gasteiger partial charge in [0.15, 0.2) is 5.82 Å². The summed E-state index contributed by atoms with van der Waals surface area (Å²) >= 11 is 7.75. The highest BCUT2D eigenvalue weighted by Crippen LogP contribution is 2.35. The van der Waals surface area contributed by atoms with E-state index in [1.54, 1.807) is 41.7 Å². The van der Waals surface area contributed by atoms with Crippen molar-refractivity contribution in [1.29, 1.82) is 0 Å². The molecule has 6 rings (SSSR count). The van der Waals surface area contributed by atoms with Gasteiger partial charge in [0.1, 0.15) is 22.1 Å². The zero-order chi connectivity index (χ0) is 27.6. The highest BCUT2D eigenvalue weighted by Gasteiger charge is 2.30. The van der Waals surface area contributed by atoms with E-state index in [0.29, 0.717) is 45.1 Å². The number of halogens is 1. The zero-order valence-corrected chi connectivity index (χ0v) is 23.3. The average molecular weight is 578 g/mol. The average Bonchev–Trinajstić information content (AvgIpc) is 3.62. The molecule has 1 amide bonds. The third-order valence-corrected chi connectivity index (χ3v) is 7.95. The SMILES string of the molecule is Cc1nc(N2CCN(Cc3nccs3)CC2)nc2c1NC(=C1C(=O)N=CC=C1NC[C@@H](O)c1cccc(Cl)c1)N2. The van der Waals surface area contributed by atoms with Crippen molar-refractivity contribution in [3.8, 4) is 0 Å². The molecule has 4 N–H and O–H groups in total. The number of amides is 1. The van der Waals surface area contributed by atoms with Crippen LogP contribution >= 0.6 is 22.9 Å². The molecule has 3 aromatic rings. The van der Waals surface area contributed by atoms with Gasteiger partial charge in [-0.15, -0.1) is 11.3 Å². The minimum atomic E-state index is -0.820. The topological polar surface area (TPSA) is 131 Å². The third-order valence-electron chi connectivity index (χ3n) is 6.95. The van der Waals surface area contributed by atoms with Crippen LogP contribution in [0.15, 0.2) is 64.0 Å². The number of carbonyl (C=O) groups is 1. The number of allylic oxidation sites excluding steroid dienone is 1. The Hall–Kier alpha value is -3.84. The van der Waals surface area contributed by atoms with E-state index >= 15 is 0 Å². The number of aliphatic hydroxyl groups excluding tert-OH is 1. The first-order valence-corrected chi connectivity index (χ1v) is 14.2. The summed E-state index contributed by atoms with van der Waals surface area (Å²) in [6.45, 7) is 6.36. The lowest BCUT2D eigenvalue weighted by atomic mass is 10.1. The van der Waals surface area contributed by atoms with Crippen molar-refractivity contribution in [2.75, 3.05) is 48.3 Å². The third kappa shape index (κ3) is 5.56. The van der Waals surface area contributed by atoms with E-state index in [1.165, 1.54) is 6.21 Å². The van der Waals surface area contributed by atoms with Gasteiger partial charge >= 0.3 is 0 Å². The molecule has 0 unspecified atom stereocenters. The molecule has 5 heterocycles. The number of aliphatic hydroxyl groups is 1. The van der Waals surface area contributed by atoms with Crippen LogP contribution in [0.4, 0.5) is 17.5 Å². The van der Waals surface area contributed by atoms with Gasteiger partial charge in [-0.05, 0) is 30.7 Å². The number of nitrogens with one attached hydrogen (secondary N) is 3. The molecule has 13 heteroatoms. The predicted octanol–water partition coefficient (Wildman–Crippen LogP) is 3.08. The molecule has 3 aliphatic rings. The fourth-order valence-electron chi connectivity index (χ4n) is 4.84. The molecule has 40 heavy (non-hydrogen) atoms. The molecular formula is C27H28ClN9O2S. The second-order valence-electron chi connectivity index (χ2n) is 9.64. The van der Waals surface area contributed by atoms with Crippen molar-refractivity contribution < 1.29 is 9.90 Å². The summed E-state index contributed by atoms with van der Waals surface area (Å²) in [7, 11) is 0. The van der Waals surface area contributed by atoms with Gasteiger partial charge in [-0.2, -0.15) is 4.98 Å². The van der Waals surface area contributed by atoms with E-state index < -0.39 is 12.0 Å². The van der Waals surface area contributed by atoms with Crippen LogP contribution in [0.2, 0.25) is 5.02 Å². The molecule has 11 nitrogen and oxygen atoms in total. The fraction of sp³-hybridized carbons (Fsp3) is 0.296. The summed E-state index contributed by atoms with van der Waals surface area (Å²) in [6.07, 6.45) is 4.17. The number of anilines is 3. The lowest BCUT2D eigenvalue weighted by molar-refractivity contribution is -0.114. The molecule has 3 aliphatic heterocycles. The number of hydrogen-bond acceptors (Lipinski definition) is 11. The normalized spacial score (nSPS) is 19.6. The maximum Gasteiger partial charge on any atom is 0.282 e. The molecule has 1 aromatic carbocycles. The minimum absolute atomic E-state index is 0.175. The summed E-state index contributed by atoms with van der Waals surface area (Å²) in [4.78, 5) is 35.4. The number of aliphatic imine (C=N–C) groups is 1. The summed E-state index contributed by atoms with van der Waals surface area (Å²) in [5.41, 5.74) is 3.03. The number of dihydropyridines is 1. The molecule has 0 radical (unpaired) electrons. The maximum atomic E-state index is 12.9. The number of carbonyl (C=O) groups excluding carboxylic acids is 1. The van der Waals surface area contributed by atoms with Crippen molar-refractivity contribution in [2.45, 2.75) is 19.6 Å². The molecule has 1 saturated heterocycles. The van der Waals surface area contributed by atoms with Crippen LogP contribution in [-0.4, -0.2) is 69.8 Å². The van der Waals surface area contributed by atoms with Gasteiger partial charge in [-0.3, -0.25) is 9.69 Å². The number of benzene rings is 1. The van der Waals surface area contributed by atoms with E-state index in [2.05, 4.69) is 35.7 Å². The summed E-state index contributed by atoms with van der Waals surface area (Å²) in [6, 6.07) is 7.05. The first-order chi connectivity index (χ1) is 19.4. The maximum absolute atomic E-state index is 12.9. The molecule has 0 spiro atoms. The van der Waals surface area contributed by atoms with Gasteiger partial charge in [0.2, 0.25) is 5.95 Å². The van der Waals surface area contributed by atoms with Crippen LogP contribution in [-0.2, 0) is 11.3 Å². The van der Waals surface area contributed by atoms with Crippen LogP contribution in [0.25, 0.3) is 0 Å². The number of aryl methyl sites for hydroxylation is 1. The number of fused-ring (bicyclic) bond motifs is 1. The van der Waals surface area contributed by atoms with Crippen molar-refractivity contribution >= 4 is 52.5 Å². The highest BCUT2D eigenvalue weighted by atomic mass is 35.5. The smallest absolute Gasteiger partial charge is 0.282 e. The molecule has 0 aliphatic carbocycles. The van der Waals surface area contributed by atoms with E-state index in [4.69, 9.17) is 21.6 Å². The van der Waals surface area contributed by atoms with Gasteiger partial charge in [0.25, 0.3) is 5.91 Å². The molecule has 2 aromatic heterocycles. The number of hydrogen-bond donors (Lipinski definition) is 4. The lowest BCUT2D eigenvalue weighted by Gasteiger charge is -2.34. The Morgan fingerprint density at radius 3 is 2.83 bits per heavy atom. The standard InChI is InChI=1S/C27H28ClN9O2S/c1-16-23-25(35-27(32-16)37-10-8-36(9-11-37)15-21-29-7-12-40-21)34-24(33-23)22-19(5-6-30-26(22)39)31-14-20(38)17-3-2-4-18(28)13-17/h2-7,12-13,20,31,33,38H,8-11,14-15H2,1H3,(H,32,34,35)/t20-/m1/s1. The predicted molar refractivity (Wildman–Crippen MR) is 157 cm³/mol. The Bertz CT molecular complexity index is 1510. The van der Waals surface area contributed by atoms with Crippen LogP contribution < -0.4 is 20.9 Å². The molecular weight excluding hydrogens is 550 g/mol. The molecule has 0 saturated carbocycles. The first kappa shape index (κ1) is 26.4. The van der Waals surface area contributed by atoms with Crippen LogP contribution in [0, 0.1) is 6.92 Å². The van der Waals surface area contributed by atoms with Gasteiger partial charge < -0.3 is 26.0 Å². The van der Waals surface area contributed by atoms with Crippen molar-refractivity contribution in [1.82, 2.24) is 25.2 Å². The second kappa shape index (κ2) is 11.3. The Kier molecular flexibility index (Phi) is 7.48. The number of nitrogens with zero attached hydrogens (tertiary/aromatic N) is 6. The Labute approximate surface area is 240 Å². The Morgan fingerprint density at radius 1 is 1.20 bits per heavy atom. The van der Waals surface area contributed by atoms with E-state index in [9.17, 15) is 9.90 Å². The van der Waals surface area contributed by atoms with E-state index in [-0.39, 0.29) is 6.54 Å².